The molecule has 1 aromatic heterocycles. The number of benzene rings is 1. The third-order valence-electron chi connectivity index (χ3n) is 2.82. The Bertz CT molecular complexity index is 569. The number of aromatic nitrogens is 1. The summed E-state index contributed by atoms with van der Waals surface area (Å²) in [6.45, 7) is 4.94. The van der Waals surface area contributed by atoms with Crippen molar-refractivity contribution in [2.45, 2.75) is 20.3 Å². The van der Waals surface area contributed by atoms with Gasteiger partial charge in [-0.2, -0.15) is 0 Å². The summed E-state index contributed by atoms with van der Waals surface area (Å²) in [6.07, 6.45) is 1.02. The fourth-order valence-corrected chi connectivity index (χ4v) is 1.86. The summed E-state index contributed by atoms with van der Waals surface area (Å²) in [4.78, 5) is 4.44. The fourth-order valence-electron chi connectivity index (χ4n) is 1.86. The van der Waals surface area contributed by atoms with Crippen molar-refractivity contribution in [3.63, 3.8) is 0 Å². The largest absolute Gasteiger partial charge is 0.494 e. The molecule has 0 unspecified atom stereocenters. The number of anilines is 1. The Hall–Kier alpha value is -1.84. The Kier molecular flexibility index (Phi) is 3.65. The van der Waals surface area contributed by atoms with E-state index in [0.29, 0.717) is 5.52 Å². The summed E-state index contributed by atoms with van der Waals surface area (Å²) in [5.41, 5.74) is 1.68. The van der Waals surface area contributed by atoms with Crippen molar-refractivity contribution in [2.24, 2.45) is 0 Å². The van der Waals surface area contributed by atoms with Gasteiger partial charge in [-0.05, 0) is 31.0 Å². The Morgan fingerprint density at radius 2 is 2.11 bits per heavy atom. The van der Waals surface area contributed by atoms with Crippen molar-refractivity contribution in [3.8, 4) is 5.75 Å². The van der Waals surface area contributed by atoms with Gasteiger partial charge in [0.1, 0.15) is 5.82 Å². The van der Waals surface area contributed by atoms with Crippen LogP contribution in [-0.2, 0) is 0 Å². The Balaban J connectivity index is 2.50. The van der Waals surface area contributed by atoms with Gasteiger partial charge in [0.2, 0.25) is 0 Å². The monoisotopic (exact) mass is 248 g/mol. The van der Waals surface area contributed by atoms with Gasteiger partial charge in [-0.15, -0.1) is 0 Å². The molecule has 3 nitrogen and oxygen atoms in total. The maximum Gasteiger partial charge on any atom is 0.167 e. The Labute approximate surface area is 106 Å². The normalized spacial score (nSPS) is 10.7. The molecule has 1 N–H and O–H groups in total. The van der Waals surface area contributed by atoms with Gasteiger partial charge in [0.15, 0.2) is 11.6 Å². The molecule has 0 bridgehead atoms. The maximum absolute atomic E-state index is 13.6. The van der Waals surface area contributed by atoms with Crippen LogP contribution in [0.5, 0.6) is 5.75 Å². The molecule has 0 spiro atoms. The highest BCUT2D eigenvalue weighted by atomic mass is 19.1. The number of ether oxygens (including phenoxy) is 1. The number of pyridine rings is 1. The SMILES string of the molecule is CCCNc1nc2cc(F)c(OC)cc2cc1C. The highest BCUT2D eigenvalue weighted by Crippen LogP contribution is 2.26. The molecule has 4 heteroatoms. The number of fused-ring (bicyclic) bond motifs is 1. The van der Waals surface area contributed by atoms with Crippen molar-refractivity contribution in [2.75, 3.05) is 19.0 Å². The zero-order valence-electron chi connectivity index (χ0n) is 10.9. The number of hydrogen-bond acceptors (Lipinski definition) is 3. The molecular formula is C14H17FN2O. The summed E-state index contributed by atoms with van der Waals surface area (Å²) >= 11 is 0. The lowest BCUT2D eigenvalue weighted by Gasteiger charge is -2.10. The van der Waals surface area contributed by atoms with Crippen molar-refractivity contribution in [3.05, 3.63) is 29.6 Å². The number of nitrogens with one attached hydrogen (secondary N) is 1. The second kappa shape index (κ2) is 5.21. The van der Waals surface area contributed by atoms with Crippen LogP contribution in [0.3, 0.4) is 0 Å². The molecule has 96 valence electrons. The zero-order chi connectivity index (χ0) is 13.1. The van der Waals surface area contributed by atoms with Gasteiger partial charge in [0.05, 0.1) is 12.6 Å². The number of methoxy groups -OCH3 is 1. The van der Waals surface area contributed by atoms with E-state index in [-0.39, 0.29) is 11.6 Å². The molecular weight excluding hydrogens is 231 g/mol. The minimum atomic E-state index is -0.386. The molecule has 0 saturated heterocycles. The van der Waals surface area contributed by atoms with Gasteiger partial charge < -0.3 is 10.1 Å². The van der Waals surface area contributed by atoms with Crippen LogP contribution < -0.4 is 10.1 Å². The maximum atomic E-state index is 13.6. The molecule has 0 radical (unpaired) electrons. The molecule has 0 aliphatic carbocycles. The van der Waals surface area contributed by atoms with E-state index in [1.165, 1.54) is 13.2 Å². The van der Waals surface area contributed by atoms with Crippen molar-refractivity contribution >= 4 is 16.7 Å². The zero-order valence-corrected chi connectivity index (χ0v) is 10.9. The average Bonchev–Trinajstić information content (AvgIpc) is 2.36. The predicted molar refractivity (Wildman–Crippen MR) is 71.8 cm³/mol. The van der Waals surface area contributed by atoms with Crippen LogP contribution in [0, 0.1) is 12.7 Å². The number of nitrogens with zero attached hydrogens (tertiary/aromatic N) is 1. The summed E-state index contributed by atoms with van der Waals surface area (Å²) in [5, 5.41) is 4.12. The van der Waals surface area contributed by atoms with Crippen LogP contribution >= 0.6 is 0 Å². The first kappa shape index (κ1) is 12.6. The fraction of sp³-hybridized carbons (Fsp3) is 0.357. The third-order valence-corrected chi connectivity index (χ3v) is 2.82. The van der Waals surface area contributed by atoms with Crippen molar-refractivity contribution in [1.29, 1.82) is 0 Å². The van der Waals surface area contributed by atoms with Gasteiger partial charge in [-0.1, -0.05) is 6.92 Å². The minimum Gasteiger partial charge on any atom is -0.494 e. The Morgan fingerprint density at radius 3 is 2.78 bits per heavy atom. The van der Waals surface area contributed by atoms with Crippen molar-refractivity contribution < 1.29 is 9.13 Å². The van der Waals surface area contributed by atoms with Crippen LogP contribution in [0.15, 0.2) is 18.2 Å². The van der Waals surface area contributed by atoms with Crippen LogP contribution in [0.25, 0.3) is 10.9 Å². The molecule has 1 heterocycles. The first-order chi connectivity index (χ1) is 8.65. The van der Waals surface area contributed by atoms with Gasteiger partial charge in [0.25, 0.3) is 0 Å². The Morgan fingerprint density at radius 1 is 1.33 bits per heavy atom. The van der Waals surface area contributed by atoms with E-state index in [4.69, 9.17) is 4.74 Å². The van der Waals surface area contributed by atoms with Gasteiger partial charge >= 0.3 is 0 Å². The number of rotatable bonds is 4. The van der Waals surface area contributed by atoms with E-state index < -0.39 is 0 Å². The van der Waals surface area contributed by atoms with Gasteiger partial charge in [0, 0.05) is 18.0 Å². The third kappa shape index (κ3) is 2.37. The lowest BCUT2D eigenvalue weighted by Crippen LogP contribution is -2.04. The number of aryl methyl sites for hydroxylation is 1. The standard InChI is InChI=1S/C14H17FN2O/c1-4-5-16-14-9(2)6-10-7-13(18-3)11(15)8-12(10)17-14/h6-8H,4-5H2,1-3H3,(H,16,17). The van der Waals surface area contributed by atoms with Crippen LogP contribution in [0.4, 0.5) is 10.2 Å². The molecule has 2 aromatic rings. The molecule has 0 aliphatic heterocycles. The summed E-state index contributed by atoms with van der Waals surface area (Å²) in [6, 6.07) is 5.07. The molecule has 2 rings (SSSR count). The molecule has 0 atom stereocenters. The first-order valence-electron chi connectivity index (χ1n) is 6.04. The van der Waals surface area contributed by atoms with E-state index in [2.05, 4.69) is 17.2 Å². The summed E-state index contributed by atoms with van der Waals surface area (Å²) in [5.74, 6) is 0.676. The highest BCUT2D eigenvalue weighted by molar-refractivity contribution is 5.83. The van der Waals surface area contributed by atoms with Crippen LogP contribution in [0.1, 0.15) is 18.9 Å². The lowest BCUT2D eigenvalue weighted by atomic mass is 10.1. The average molecular weight is 248 g/mol. The van der Waals surface area contributed by atoms with Gasteiger partial charge in [-0.25, -0.2) is 9.37 Å². The van der Waals surface area contributed by atoms with E-state index >= 15 is 0 Å². The predicted octanol–water partition coefficient (Wildman–Crippen LogP) is 3.51. The quantitative estimate of drug-likeness (QED) is 0.899. The molecule has 0 fully saturated rings. The van der Waals surface area contributed by atoms with Crippen LogP contribution in [-0.4, -0.2) is 18.6 Å². The van der Waals surface area contributed by atoms with Crippen LogP contribution in [0.2, 0.25) is 0 Å². The van der Waals surface area contributed by atoms with E-state index in [1.54, 1.807) is 6.07 Å². The molecule has 0 aliphatic rings. The topological polar surface area (TPSA) is 34.2 Å². The summed E-state index contributed by atoms with van der Waals surface area (Å²) < 4.78 is 18.6. The van der Waals surface area contributed by atoms with E-state index in [9.17, 15) is 4.39 Å². The highest BCUT2D eigenvalue weighted by Gasteiger charge is 2.08. The second-order valence-corrected chi connectivity index (χ2v) is 4.26. The smallest absolute Gasteiger partial charge is 0.167 e. The van der Waals surface area contributed by atoms with Gasteiger partial charge in [-0.3, -0.25) is 0 Å². The number of hydrogen-bond donors (Lipinski definition) is 1. The lowest BCUT2D eigenvalue weighted by molar-refractivity contribution is 0.387. The second-order valence-electron chi connectivity index (χ2n) is 4.26. The molecule has 0 saturated carbocycles. The molecule has 0 amide bonds. The van der Waals surface area contributed by atoms with E-state index in [0.717, 1.165) is 29.7 Å². The molecule has 18 heavy (non-hydrogen) atoms. The minimum absolute atomic E-state index is 0.248. The van der Waals surface area contributed by atoms with Crippen molar-refractivity contribution in [1.82, 2.24) is 4.98 Å². The first-order valence-corrected chi connectivity index (χ1v) is 6.04. The van der Waals surface area contributed by atoms with E-state index in [1.807, 2.05) is 13.0 Å². The summed E-state index contributed by atoms with van der Waals surface area (Å²) in [7, 11) is 1.46. The number of halogens is 1. The molecule has 1 aromatic carbocycles.